The van der Waals surface area contributed by atoms with Crippen LogP contribution in [0.25, 0.3) is 0 Å². The Kier molecular flexibility index (Phi) is 2.74. The van der Waals surface area contributed by atoms with E-state index in [1.807, 2.05) is 0 Å². The summed E-state index contributed by atoms with van der Waals surface area (Å²) in [6, 6.07) is 4.66. The van der Waals surface area contributed by atoms with Crippen LogP contribution in [0, 0.1) is 0 Å². The average molecular weight is 181 g/mol. The van der Waals surface area contributed by atoms with Gasteiger partial charge in [0.2, 0.25) is 0 Å². The SMILES string of the molecule is CNC(=O)c1c(O)cccc1OC. The highest BCUT2D eigenvalue weighted by Crippen LogP contribution is 2.26. The summed E-state index contributed by atoms with van der Waals surface area (Å²) in [6.45, 7) is 0. The number of ether oxygens (including phenoxy) is 1. The standard InChI is InChI=1S/C9H11NO3/c1-10-9(12)8-6(11)4-3-5-7(8)13-2/h3-5,11H,1-2H3,(H,10,12). The van der Waals surface area contributed by atoms with Crippen LogP contribution in [-0.4, -0.2) is 25.2 Å². The van der Waals surface area contributed by atoms with E-state index in [0.717, 1.165) is 0 Å². The first-order valence-electron chi connectivity index (χ1n) is 3.78. The largest absolute Gasteiger partial charge is 0.507 e. The number of nitrogens with one attached hydrogen (secondary N) is 1. The number of carbonyl (C=O) groups excluding carboxylic acids is 1. The number of hydrogen-bond acceptors (Lipinski definition) is 3. The van der Waals surface area contributed by atoms with E-state index in [9.17, 15) is 9.90 Å². The maximum absolute atomic E-state index is 11.3. The third-order valence-electron chi connectivity index (χ3n) is 1.68. The van der Waals surface area contributed by atoms with E-state index >= 15 is 0 Å². The molecule has 0 atom stereocenters. The van der Waals surface area contributed by atoms with Crippen molar-refractivity contribution in [1.82, 2.24) is 5.32 Å². The molecule has 0 unspecified atom stereocenters. The molecule has 0 saturated heterocycles. The number of methoxy groups -OCH3 is 1. The molecule has 0 aliphatic rings. The van der Waals surface area contributed by atoms with Crippen LogP contribution in [0.4, 0.5) is 0 Å². The molecular formula is C9H11NO3. The summed E-state index contributed by atoms with van der Waals surface area (Å²) in [5.74, 6) is -0.0898. The van der Waals surface area contributed by atoms with Gasteiger partial charge in [-0.1, -0.05) is 6.07 Å². The van der Waals surface area contributed by atoms with Crippen molar-refractivity contribution in [2.75, 3.05) is 14.2 Å². The lowest BCUT2D eigenvalue weighted by Crippen LogP contribution is -2.18. The summed E-state index contributed by atoms with van der Waals surface area (Å²) in [6.07, 6.45) is 0. The van der Waals surface area contributed by atoms with Gasteiger partial charge in [0.25, 0.3) is 5.91 Å². The van der Waals surface area contributed by atoms with E-state index in [1.54, 1.807) is 12.1 Å². The minimum Gasteiger partial charge on any atom is -0.507 e. The van der Waals surface area contributed by atoms with E-state index in [4.69, 9.17) is 4.74 Å². The molecule has 13 heavy (non-hydrogen) atoms. The molecule has 1 amide bonds. The molecule has 1 aromatic rings. The molecule has 2 N–H and O–H groups in total. The zero-order valence-electron chi connectivity index (χ0n) is 7.50. The molecule has 0 fully saturated rings. The summed E-state index contributed by atoms with van der Waals surface area (Å²) in [7, 11) is 2.94. The van der Waals surface area contributed by atoms with Gasteiger partial charge in [-0.05, 0) is 12.1 Å². The van der Waals surface area contributed by atoms with Crippen molar-refractivity contribution in [3.05, 3.63) is 23.8 Å². The highest BCUT2D eigenvalue weighted by atomic mass is 16.5. The molecule has 0 radical (unpaired) electrons. The lowest BCUT2D eigenvalue weighted by Gasteiger charge is -2.08. The first kappa shape index (κ1) is 9.38. The summed E-state index contributed by atoms with van der Waals surface area (Å²) in [5, 5.41) is 11.8. The number of hydrogen-bond donors (Lipinski definition) is 2. The lowest BCUT2D eigenvalue weighted by molar-refractivity contribution is 0.0957. The zero-order chi connectivity index (χ0) is 9.84. The third kappa shape index (κ3) is 1.72. The number of phenols is 1. The van der Waals surface area contributed by atoms with Gasteiger partial charge in [-0.25, -0.2) is 0 Å². The Bertz CT molecular complexity index is 323. The highest BCUT2D eigenvalue weighted by molar-refractivity contribution is 5.99. The van der Waals surface area contributed by atoms with Crippen molar-refractivity contribution in [2.45, 2.75) is 0 Å². The van der Waals surface area contributed by atoms with Crippen molar-refractivity contribution < 1.29 is 14.6 Å². The minimum absolute atomic E-state index is 0.0845. The fourth-order valence-electron chi connectivity index (χ4n) is 1.04. The lowest BCUT2D eigenvalue weighted by atomic mass is 10.1. The highest BCUT2D eigenvalue weighted by Gasteiger charge is 2.14. The topological polar surface area (TPSA) is 58.6 Å². The molecular weight excluding hydrogens is 170 g/mol. The molecule has 1 rings (SSSR count). The summed E-state index contributed by atoms with van der Waals surface area (Å²) in [4.78, 5) is 11.3. The predicted octanol–water partition coefficient (Wildman–Crippen LogP) is 0.760. The molecule has 0 aliphatic carbocycles. The molecule has 4 nitrogen and oxygen atoms in total. The maximum atomic E-state index is 11.3. The Labute approximate surface area is 76.1 Å². The van der Waals surface area contributed by atoms with E-state index in [1.165, 1.54) is 20.2 Å². The van der Waals surface area contributed by atoms with Crippen molar-refractivity contribution in [3.8, 4) is 11.5 Å². The Morgan fingerprint density at radius 1 is 1.54 bits per heavy atom. The molecule has 0 bridgehead atoms. The quantitative estimate of drug-likeness (QED) is 0.708. The van der Waals surface area contributed by atoms with Gasteiger partial charge in [-0.2, -0.15) is 0 Å². The Balaban J connectivity index is 3.22. The predicted molar refractivity (Wildman–Crippen MR) is 48.0 cm³/mol. The van der Waals surface area contributed by atoms with Crippen LogP contribution >= 0.6 is 0 Å². The molecule has 0 aromatic heterocycles. The van der Waals surface area contributed by atoms with Crippen LogP contribution in [0.3, 0.4) is 0 Å². The number of amides is 1. The monoisotopic (exact) mass is 181 g/mol. The maximum Gasteiger partial charge on any atom is 0.258 e. The van der Waals surface area contributed by atoms with Crippen molar-refractivity contribution >= 4 is 5.91 Å². The second kappa shape index (κ2) is 3.80. The Morgan fingerprint density at radius 3 is 2.77 bits per heavy atom. The van der Waals surface area contributed by atoms with Crippen LogP contribution in [0.15, 0.2) is 18.2 Å². The number of aromatic hydroxyl groups is 1. The first-order chi connectivity index (χ1) is 6.20. The van der Waals surface area contributed by atoms with Gasteiger partial charge in [0.15, 0.2) is 0 Å². The van der Waals surface area contributed by atoms with Gasteiger partial charge in [-0.3, -0.25) is 4.79 Å². The smallest absolute Gasteiger partial charge is 0.258 e. The molecule has 0 heterocycles. The zero-order valence-corrected chi connectivity index (χ0v) is 7.50. The van der Waals surface area contributed by atoms with Crippen LogP contribution in [-0.2, 0) is 0 Å². The van der Waals surface area contributed by atoms with Gasteiger partial charge in [0.05, 0.1) is 7.11 Å². The van der Waals surface area contributed by atoms with Crippen LogP contribution in [0.2, 0.25) is 0 Å². The number of rotatable bonds is 2. The second-order valence-corrected chi connectivity index (χ2v) is 2.43. The van der Waals surface area contributed by atoms with Crippen LogP contribution < -0.4 is 10.1 Å². The summed E-state index contributed by atoms with van der Waals surface area (Å²) >= 11 is 0. The van der Waals surface area contributed by atoms with Crippen molar-refractivity contribution in [2.24, 2.45) is 0 Å². The fourth-order valence-corrected chi connectivity index (χ4v) is 1.04. The van der Waals surface area contributed by atoms with Crippen molar-refractivity contribution in [3.63, 3.8) is 0 Å². The molecule has 1 aromatic carbocycles. The molecule has 70 valence electrons. The average Bonchev–Trinajstić information content (AvgIpc) is 2.16. The third-order valence-corrected chi connectivity index (χ3v) is 1.68. The van der Waals surface area contributed by atoms with Gasteiger partial charge < -0.3 is 15.2 Å². The fraction of sp³-hybridized carbons (Fsp3) is 0.222. The normalized spacial score (nSPS) is 9.38. The summed E-state index contributed by atoms with van der Waals surface area (Å²) in [5.41, 5.74) is 0.160. The van der Waals surface area contributed by atoms with Crippen LogP contribution in [0.5, 0.6) is 11.5 Å². The number of benzene rings is 1. The van der Waals surface area contributed by atoms with E-state index < -0.39 is 0 Å². The first-order valence-corrected chi connectivity index (χ1v) is 3.78. The van der Waals surface area contributed by atoms with Gasteiger partial charge >= 0.3 is 0 Å². The van der Waals surface area contributed by atoms with Crippen LogP contribution in [0.1, 0.15) is 10.4 Å². The molecule has 0 aliphatic heterocycles. The van der Waals surface area contributed by atoms with Gasteiger partial charge in [-0.15, -0.1) is 0 Å². The second-order valence-electron chi connectivity index (χ2n) is 2.43. The Hall–Kier alpha value is -1.71. The molecule has 0 spiro atoms. The number of phenolic OH excluding ortho intramolecular Hbond substituents is 1. The number of carbonyl (C=O) groups is 1. The Morgan fingerprint density at radius 2 is 2.23 bits per heavy atom. The molecule has 0 saturated carbocycles. The molecule has 4 heteroatoms. The minimum atomic E-state index is -0.366. The van der Waals surface area contributed by atoms with E-state index in [-0.39, 0.29) is 17.2 Å². The van der Waals surface area contributed by atoms with Gasteiger partial charge in [0, 0.05) is 7.05 Å². The van der Waals surface area contributed by atoms with Gasteiger partial charge in [0.1, 0.15) is 17.1 Å². The van der Waals surface area contributed by atoms with E-state index in [0.29, 0.717) is 5.75 Å². The van der Waals surface area contributed by atoms with Crippen molar-refractivity contribution in [1.29, 1.82) is 0 Å². The van der Waals surface area contributed by atoms with E-state index in [2.05, 4.69) is 5.32 Å². The summed E-state index contributed by atoms with van der Waals surface area (Å²) < 4.78 is 4.93.